The normalized spacial score (nSPS) is 13.1. The van der Waals surface area contributed by atoms with Crippen molar-refractivity contribution in [2.24, 2.45) is 0 Å². The van der Waals surface area contributed by atoms with E-state index in [1.165, 1.54) is 25.1 Å². The summed E-state index contributed by atoms with van der Waals surface area (Å²) < 4.78 is 4.80. The van der Waals surface area contributed by atoms with Gasteiger partial charge in [-0.3, -0.25) is 4.79 Å². The Morgan fingerprint density at radius 2 is 1.95 bits per heavy atom. The molecule has 1 aromatic rings. The zero-order valence-electron chi connectivity index (χ0n) is 10.8. The minimum Gasteiger partial charge on any atom is -0.478 e. The molecule has 0 amide bonds. The van der Waals surface area contributed by atoms with E-state index in [-0.39, 0.29) is 11.1 Å². The lowest BCUT2D eigenvalue weighted by atomic mass is 10.0. The van der Waals surface area contributed by atoms with E-state index < -0.39 is 29.9 Å². The summed E-state index contributed by atoms with van der Waals surface area (Å²) in [4.78, 5) is 33.8. The second-order valence-electron chi connectivity index (χ2n) is 4.30. The number of ether oxygens (including phenoxy) is 1. The van der Waals surface area contributed by atoms with Crippen molar-refractivity contribution in [3.05, 3.63) is 48.0 Å². The minimum atomic E-state index is -1.86. The van der Waals surface area contributed by atoms with Crippen molar-refractivity contribution < 1.29 is 29.3 Å². The van der Waals surface area contributed by atoms with Crippen LogP contribution >= 0.6 is 0 Å². The number of carbonyl (C=O) groups is 3. The van der Waals surface area contributed by atoms with Gasteiger partial charge in [0.15, 0.2) is 11.4 Å². The summed E-state index contributed by atoms with van der Waals surface area (Å²) in [5.41, 5.74) is -1.90. The number of benzene rings is 1. The van der Waals surface area contributed by atoms with Crippen molar-refractivity contribution >= 4 is 17.7 Å². The van der Waals surface area contributed by atoms with E-state index >= 15 is 0 Å². The van der Waals surface area contributed by atoms with Crippen LogP contribution < -0.4 is 0 Å². The summed E-state index contributed by atoms with van der Waals surface area (Å²) in [5.74, 6) is -2.68. The number of carbonyl (C=O) groups excluding carboxylic acids is 2. The molecule has 0 heterocycles. The topological polar surface area (TPSA) is 101 Å². The SMILES string of the molecule is C=CC(=O)C(C)(O)COC(=O)c1cccc(C(=O)O)c1. The van der Waals surface area contributed by atoms with Crippen molar-refractivity contribution in [1.82, 2.24) is 0 Å². The maximum absolute atomic E-state index is 11.7. The quantitative estimate of drug-likeness (QED) is 0.595. The van der Waals surface area contributed by atoms with Gasteiger partial charge < -0.3 is 14.9 Å². The van der Waals surface area contributed by atoms with Crippen molar-refractivity contribution in [1.29, 1.82) is 0 Å². The molecule has 6 nitrogen and oxygen atoms in total. The molecule has 2 N–H and O–H groups in total. The first-order valence-corrected chi connectivity index (χ1v) is 5.67. The summed E-state index contributed by atoms with van der Waals surface area (Å²) in [6, 6.07) is 5.25. The average Bonchev–Trinajstić information content (AvgIpc) is 2.43. The number of ketones is 1. The molecule has 1 rings (SSSR count). The van der Waals surface area contributed by atoms with Crippen molar-refractivity contribution in [2.45, 2.75) is 12.5 Å². The summed E-state index contributed by atoms with van der Waals surface area (Å²) in [7, 11) is 0. The van der Waals surface area contributed by atoms with E-state index in [0.717, 1.165) is 12.1 Å². The lowest BCUT2D eigenvalue weighted by molar-refractivity contribution is -0.134. The largest absolute Gasteiger partial charge is 0.478 e. The van der Waals surface area contributed by atoms with Gasteiger partial charge >= 0.3 is 11.9 Å². The molecule has 1 atom stereocenters. The number of carboxylic acids is 1. The minimum absolute atomic E-state index is 0.0201. The highest BCUT2D eigenvalue weighted by atomic mass is 16.5. The number of esters is 1. The predicted molar refractivity (Wildman–Crippen MR) is 69.5 cm³/mol. The highest BCUT2D eigenvalue weighted by molar-refractivity contribution is 5.97. The van der Waals surface area contributed by atoms with E-state index in [0.29, 0.717) is 0 Å². The molecule has 1 aromatic carbocycles. The Morgan fingerprint density at radius 1 is 1.35 bits per heavy atom. The Labute approximate surface area is 115 Å². The lowest BCUT2D eigenvalue weighted by Gasteiger charge is -2.19. The maximum atomic E-state index is 11.7. The Hall–Kier alpha value is -2.47. The van der Waals surface area contributed by atoms with Crippen LogP contribution in [0.5, 0.6) is 0 Å². The molecular weight excluding hydrogens is 264 g/mol. The van der Waals surface area contributed by atoms with Crippen LogP contribution in [-0.4, -0.2) is 40.1 Å². The van der Waals surface area contributed by atoms with Gasteiger partial charge in [-0.1, -0.05) is 12.6 Å². The summed E-state index contributed by atoms with van der Waals surface area (Å²) in [6.45, 7) is 3.87. The summed E-state index contributed by atoms with van der Waals surface area (Å²) in [6.07, 6.45) is 0.929. The van der Waals surface area contributed by atoms with Crippen molar-refractivity contribution in [3.63, 3.8) is 0 Å². The molecule has 20 heavy (non-hydrogen) atoms. The molecule has 0 fully saturated rings. The lowest BCUT2D eigenvalue weighted by Crippen LogP contribution is -2.39. The molecule has 0 aliphatic rings. The molecular formula is C14H14O6. The van der Waals surface area contributed by atoms with E-state index in [1.807, 2.05) is 0 Å². The zero-order valence-corrected chi connectivity index (χ0v) is 10.8. The monoisotopic (exact) mass is 278 g/mol. The van der Waals surface area contributed by atoms with Crippen molar-refractivity contribution in [3.8, 4) is 0 Å². The molecule has 0 spiro atoms. The average molecular weight is 278 g/mol. The van der Waals surface area contributed by atoms with E-state index in [2.05, 4.69) is 6.58 Å². The number of rotatable bonds is 6. The van der Waals surface area contributed by atoms with Gasteiger partial charge in [0.2, 0.25) is 0 Å². The fraction of sp³-hybridized carbons (Fsp3) is 0.214. The highest BCUT2D eigenvalue weighted by Crippen LogP contribution is 2.11. The molecule has 106 valence electrons. The molecule has 0 bridgehead atoms. The van der Waals surface area contributed by atoms with Gasteiger partial charge in [0.1, 0.15) is 6.61 Å². The zero-order chi connectivity index (χ0) is 15.3. The molecule has 1 unspecified atom stereocenters. The van der Waals surface area contributed by atoms with Gasteiger partial charge in [-0.05, 0) is 31.2 Å². The standard InChI is InChI=1S/C14H14O6/c1-3-11(15)14(2,19)8-20-13(18)10-6-4-5-9(7-10)12(16)17/h3-7,19H,1,8H2,2H3,(H,16,17). The summed E-state index contributed by atoms with van der Waals surface area (Å²) >= 11 is 0. The van der Waals surface area contributed by atoms with Gasteiger partial charge in [0.05, 0.1) is 11.1 Å². The first-order chi connectivity index (χ1) is 9.27. The Morgan fingerprint density at radius 3 is 2.50 bits per heavy atom. The first kappa shape index (κ1) is 15.6. The van der Waals surface area contributed by atoms with Crippen LogP contribution in [0.4, 0.5) is 0 Å². The van der Waals surface area contributed by atoms with Gasteiger partial charge in [0.25, 0.3) is 0 Å². The van der Waals surface area contributed by atoms with Crippen LogP contribution in [0, 0.1) is 0 Å². The van der Waals surface area contributed by atoms with Crippen LogP contribution in [0.25, 0.3) is 0 Å². The van der Waals surface area contributed by atoms with Crippen LogP contribution in [0.1, 0.15) is 27.6 Å². The number of aromatic carboxylic acids is 1. The number of hydrogen-bond donors (Lipinski definition) is 2. The van der Waals surface area contributed by atoms with E-state index in [4.69, 9.17) is 9.84 Å². The molecule has 0 saturated carbocycles. The predicted octanol–water partition coefficient (Wildman–Crippen LogP) is 1.05. The smallest absolute Gasteiger partial charge is 0.338 e. The second-order valence-corrected chi connectivity index (χ2v) is 4.30. The van der Waals surface area contributed by atoms with Gasteiger partial charge in [-0.25, -0.2) is 9.59 Å². The Kier molecular flexibility index (Phi) is 4.77. The number of hydrogen-bond acceptors (Lipinski definition) is 5. The first-order valence-electron chi connectivity index (χ1n) is 5.67. The molecule has 0 aliphatic carbocycles. The number of carboxylic acid groups (broad SMARTS) is 1. The summed E-state index contributed by atoms with van der Waals surface area (Å²) in [5, 5.41) is 18.5. The van der Waals surface area contributed by atoms with Gasteiger partial charge in [-0.15, -0.1) is 0 Å². The molecule has 0 aliphatic heterocycles. The maximum Gasteiger partial charge on any atom is 0.338 e. The van der Waals surface area contributed by atoms with Crippen LogP contribution in [-0.2, 0) is 9.53 Å². The third-order valence-electron chi connectivity index (χ3n) is 2.55. The third kappa shape index (κ3) is 3.76. The van der Waals surface area contributed by atoms with E-state index in [9.17, 15) is 19.5 Å². The van der Waals surface area contributed by atoms with Crippen LogP contribution in [0.3, 0.4) is 0 Å². The second kappa shape index (κ2) is 6.12. The van der Waals surface area contributed by atoms with Crippen LogP contribution in [0.2, 0.25) is 0 Å². The fourth-order valence-corrected chi connectivity index (χ4v) is 1.36. The van der Waals surface area contributed by atoms with Crippen molar-refractivity contribution in [2.75, 3.05) is 6.61 Å². The number of aliphatic hydroxyl groups is 1. The molecule has 0 aromatic heterocycles. The molecule has 0 radical (unpaired) electrons. The van der Waals surface area contributed by atoms with E-state index in [1.54, 1.807) is 0 Å². The van der Waals surface area contributed by atoms with Gasteiger partial charge in [0, 0.05) is 0 Å². The van der Waals surface area contributed by atoms with Crippen LogP contribution in [0.15, 0.2) is 36.9 Å². The molecule has 0 saturated heterocycles. The Balaban J connectivity index is 2.77. The van der Waals surface area contributed by atoms with Gasteiger partial charge in [-0.2, -0.15) is 0 Å². The fourth-order valence-electron chi connectivity index (χ4n) is 1.36. The Bertz CT molecular complexity index is 559. The highest BCUT2D eigenvalue weighted by Gasteiger charge is 2.29. The molecule has 6 heteroatoms. The third-order valence-corrected chi connectivity index (χ3v) is 2.55.